The Morgan fingerprint density at radius 2 is 1.78 bits per heavy atom. The first-order valence-electron chi connectivity index (χ1n) is 15.5. The summed E-state index contributed by atoms with van der Waals surface area (Å²) in [5.41, 5.74) is 6.92. The number of hydrogen-bond donors (Lipinski definition) is 3. The molecule has 0 aliphatic carbocycles. The lowest BCUT2D eigenvalue weighted by molar-refractivity contribution is -0.146. The molecule has 3 aromatic rings. The van der Waals surface area contributed by atoms with Crippen LogP contribution in [0, 0.1) is 0 Å². The molecule has 0 bridgehead atoms. The molecule has 3 amide bonds. The van der Waals surface area contributed by atoms with Crippen LogP contribution in [0.15, 0.2) is 71.6 Å². The molecule has 0 spiro atoms. The molecule has 246 valence electrons. The number of nitrogens with two attached hydrogens (primary N) is 1. The first-order valence-corrected chi connectivity index (χ1v) is 16.4. The second-order valence-corrected chi connectivity index (χ2v) is 13.8. The van der Waals surface area contributed by atoms with Gasteiger partial charge in [0.25, 0.3) is 0 Å². The first kappa shape index (κ1) is 34.8. The number of piperidine rings is 1. The van der Waals surface area contributed by atoms with E-state index in [0.29, 0.717) is 44.3 Å². The van der Waals surface area contributed by atoms with Gasteiger partial charge in [-0.05, 0) is 67.8 Å². The maximum absolute atomic E-state index is 14.2. The van der Waals surface area contributed by atoms with Crippen LogP contribution in [0.4, 0.5) is 4.79 Å². The number of carbonyl (C=O) groups is 4. The van der Waals surface area contributed by atoms with E-state index in [4.69, 9.17) is 10.5 Å². The summed E-state index contributed by atoms with van der Waals surface area (Å²) in [6.07, 6.45) is 1.45. The number of thiophene rings is 1. The minimum absolute atomic E-state index is 0.101. The van der Waals surface area contributed by atoms with E-state index in [9.17, 15) is 24.3 Å². The number of amides is 3. The molecule has 1 aliphatic heterocycles. The zero-order valence-electron chi connectivity index (χ0n) is 26.9. The quantitative estimate of drug-likeness (QED) is 0.161. The highest BCUT2D eigenvalue weighted by Gasteiger charge is 2.36. The highest BCUT2D eigenvalue weighted by Crippen LogP contribution is 2.21. The summed E-state index contributed by atoms with van der Waals surface area (Å²) in [7, 11) is 1.56. The molecule has 4 N–H and O–H groups in total. The minimum atomic E-state index is -1.14. The molecule has 11 heteroatoms. The van der Waals surface area contributed by atoms with Gasteiger partial charge in [-0.15, -0.1) is 11.3 Å². The van der Waals surface area contributed by atoms with Gasteiger partial charge >= 0.3 is 12.1 Å². The number of nitrogens with zero attached hydrogens (tertiary/aromatic N) is 2. The van der Waals surface area contributed by atoms with E-state index < -0.39 is 41.7 Å². The van der Waals surface area contributed by atoms with Gasteiger partial charge in [-0.1, -0.05) is 54.1 Å². The van der Waals surface area contributed by atoms with E-state index in [1.165, 1.54) is 22.3 Å². The van der Waals surface area contributed by atoms with Gasteiger partial charge in [0.05, 0.1) is 6.10 Å². The summed E-state index contributed by atoms with van der Waals surface area (Å²) in [4.78, 5) is 57.6. The monoisotopic (exact) mass is 648 g/mol. The maximum Gasteiger partial charge on any atom is 0.415 e. The van der Waals surface area contributed by atoms with Crippen molar-refractivity contribution >= 4 is 46.0 Å². The van der Waals surface area contributed by atoms with Crippen molar-refractivity contribution in [3.05, 3.63) is 82.1 Å². The zero-order valence-corrected chi connectivity index (χ0v) is 27.7. The average Bonchev–Trinajstić information content (AvgIpc) is 3.51. The molecule has 1 saturated heterocycles. The highest BCUT2D eigenvalue weighted by molar-refractivity contribution is 7.09. The average molecular weight is 649 g/mol. The summed E-state index contributed by atoms with van der Waals surface area (Å²) in [5, 5.41) is 16.5. The summed E-state index contributed by atoms with van der Waals surface area (Å²) >= 11 is 1.49. The van der Waals surface area contributed by atoms with Crippen LogP contribution in [0.5, 0.6) is 0 Å². The number of rotatable bonds is 11. The van der Waals surface area contributed by atoms with Crippen molar-refractivity contribution in [2.24, 2.45) is 5.73 Å². The van der Waals surface area contributed by atoms with Gasteiger partial charge in [0.1, 0.15) is 12.1 Å². The molecule has 0 saturated carbocycles. The van der Waals surface area contributed by atoms with E-state index in [1.807, 2.05) is 73.8 Å². The largest absolute Gasteiger partial charge is 0.415 e. The van der Waals surface area contributed by atoms with Gasteiger partial charge in [-0.3, -0.25) is 9.59 Å². The van der Waals surface area contributed by atoms with Gasteiger partial charge in [0, 0.05) is 49.5 Å². The molecule has 4 rings (SSSR count). The molecule has 10 nitrogen and oxygen atoms in total. The molecule has 1 fully saturated rings. The minimum Gasteiger partial charge on any atom is -0.393 e. The Kier molecular flexibility index (Phi) is 11.7. The standard InChI is InChI=1S/C35H44N4O6S/c1-23(22-35(2,3)36)18-31(41)45-34(44)37-29(20-24-11-12-25-8-5-6-9-26(25)19-24)32(42)38(4)30(21-28-10-7-17-46-28)33(43)39-15-13-27(40)14-16-39/h5-12,17-19,27,29-30,40H,13-16,20-22,36H2,1-4H3,(H,37,44). The van der Waals surface area contributed by atoms with Crippen molar-refractivity contribution in [3.8, 4) is 0 Å². The van der Waals surface area contributed by atoms with Crippen molar-refractivity contribution in [3.63, 3.8) is 0 Å². The lowest BCUT2D eigenvalue weighted by Gasteiger charge is -2.36. The molecule has 1 aliphatic rings. The number of fused-ring (bicyclic) bond motifs is 1. The van der Waals surface area contributed by atoms with E-state index in [0.717, 1.165) is 21.2 Å². The zero-order chi connectivity index (χ0) is 33.4. The van der Waals surface area contributed by atoms with Crippen LogP contribution < -0.4 is 11.1 Å². The number of likely N-dealkylation sites (tertiary alicyclic amines) is 1. The van der Waals surface area contributed by atoms with E-state index in [1.54, 1.807) is 18.9 Å². The number of aliphatic hydroxyl groups excluding tert-OH is 1. The second-order valence-electron chi connectivity index (χ2n) is 12.8. The van der Waals surface area contributed by atoms with Crippen LogP contribution in [0.1, 0.15) is 50.5 Å². The Morgan fingerprint density at radius 1 is 1.09 bits per heavy atom. The van der Waals surface area contributed by atoms with Crippen molar-refractivity contribution in [2.45, 2.75) is 76.6 Å². The SMILES string of the molecule is CC(=CC(=O)OC(=O)NC(Cc1ccc2ccccc2c1)C(=O)N(C)C(Cc1cccs1)C(=O)N1CCC(O)CC1)CC(C)(C)N. The molecule has 46 heavy (non-hydrogen) atoms. The van der Waals surface area contributed by atoms with Crippen molar-refractivity contribution in [1.29, 1.82) is 0 Å². The molecule has 2 aromatic carbocycles. The third kappa shape index (κ3) is 9.97. The summed E-state index contributed by atoms with van der Waals surface area (Å²) in [6, 6.07) is 15.4. The molecular weight excluding hydrogens is 604 g/mol. The van der Waals surface area contributed by atoms with Crippen molar-refractivity contribution in [1.82, 2.24) is 15.1 Å². The Labute approximate surface area is 274 Å². The third-order valence-electron chi connectivity index (χ3n) is 7.99. The number of aliphatic hydroxyl groups is 1. The van der Waals surface area contributed by atoms with Crippen molar-refractivity contribution in [2.75, 3.05) is 20.1 Å². The summed E-state index contributed by atoms with van der Waals surface area (Å²) in [6.45, 7) is 6.16. The van der Waals surface area contributed by atoms with Gasteiger partial charge in [0.15, 0.2) is 0 Å². The predicted molar refractivity (Wildman–Crippen MR) is 179 cm³/mol. The smallest absolute Gasteiger partial charge is 0.393 e. The number of alkyl carbamates (subject to hydrolysis) is 1. The number of carbonyl (C=O) groups excluding carboxylic acids is 4. The van der Waals surface area contributed by atoms with Gasteiger partial charge < -0.3 is 30.7 Å². The van der Waals surface area contributed by atoms with Crippen LogP contribution in [-0.4, -0.2) is 82.6 Å². The molecule has 2 atom stereocenters. The number of nitrogens with one attached hydrogen (secondary N) is 1. The fourth-order valence-corrected chi connectivity index (χ4v) is 6.51. The topological polar surface area (TPSA) is 142 Å². The lowest BCUT2D eigenvalue weighted by Crippen LogP contribution is -2.57. The van der Waals surface area contributed by atoms with Crippen LogP contribution in [0.25, 0.3) is 10.8 Å². The Morgan fingerprint density at radius 3 is 2.43 bits per heavy atom. The van der Waals surface area contributed by atoms with Gasteiger partial charge in [-0.2, -0.15) is 0 Å². The summed E-state index contributed by atoms with van der Waals surface area (Å²) in [5.74, 6) is -1.59. The Balaban J connectivity index is 1.58. The van der Waals surface area contributed by atoms with E-state index in [2.05, 4.69) is 5.32 Å². The van der Waals surface area contributed by atoms with Crippen molar-refractivity contribution < 1.29 is 29.0 Å². The molecule has 1 aromatic heterocycles. The fraction of sp³-hybridized carbons (Fsp3) is 0.429. The normalized spacial score (nSPS) is 15.7. The fourth-order valence-electron chi connectivity index (χ4n) is 5.77. The van der Waals surface area contributed by atoms with Gasteiger partial charge in [0.2, 0.25) is 11.8 Å². The van der Waals surface area contributed by atoms with Gasteiger partial charge in [-0.25, -0.2) is 9.59 Å². The Bertz CT molecular complexity index is 1560. The number of ether oxygens (including phenoxy) is 1. The third-order valence-corrected chi connectivity index (χ3v) is 8.89. The summed E-state index contributed by atoms with van der Waals surface area (Å²) < 4.78 is 5.03. The van der Waals surface area contributed by atoms with E-state index in [-0.39, 0.29) is 12.3 Å². The number of esters is 1. The van der Waals surface area contributed by atoms with Crippen LogP contribution in [0.3, 0.4) is 0 Å². The number of benzene rings is 2. The first-order chi connectivity index (χ1) is 21.8. The highest BCUT2D eigenvalue weighted by atomic mass is 32.1. The van der Waals surface area contributed by atoms with Crippen LogP contribution in [-0.2, 0) is 32.0 Å². The maximum atomic E-state index is 14.2. The Hall–Kier alpha value is -4.06. The number of hydrogen-bond acceptors (Lipinski definition) is 8. The number of likely N-dealkylation sites (N-methyl/N-ethyl adjacent to an activating group) is 1. The molecule has 2 heterocycles. The van der Waals surface area contributed by atoms with E-state index >= 15 is 0 Å². The molecular formula is C35H44N4O6S. The second kappa shape index (κ2) is 15.5. The van der Waals surface area contributed by atoms with Crippen LogP contribution >= 0.6 is 11.3 Å². The molecule has 2 unspecified atom stereocenters. The predicted octanol–water partition coefficient (Wildman–Crippen LogP) is 4.19. The lowest BCUT2D eigenvalue weighted by atomic mass is 9.97. The molecule has 0 radical (unpaired) electrons. The van der Waals surface area contributed by atoms with Crippen LogP contribution in [0.2, 0.25) is 0 Å².